The number of hydrogen-bond acceptors (Lipinski definition) is 12. The summed E-state index contributed by atoms with van der Waals surface area (Å²) < 4.78 is 18.3. The van der Waals surface area contributed by atoms with Crippen LogP contribution in [0.5, 0.6) is 0 Å². The van der Waals surface area contributed by atoms with Crippen molar-refractivity contribution in [3.05, 3.63) is 46.7 Å². The normalized spacial score (nSPS) is 14.8. The summed E-state index contributed by atoms with van der Waals surface area (Å²) in [6.45, 7) is 28.8. The first-order valence-corrected chi connectivity index (χ1v) is 18.0. The summed E-state index contributed by atoms with van der Waals surface area (Å²) >= 11 is 0. The summed E-state index contributed by atoms with van der Waals surface area (Å²) in [6, 6.07) is 0. The van der Waals surface area contributed by atoms with Crippen molar-refractivity contribution < 1.29 is 122 Å². The molecule has 0 aromatic rings. The third kappa shape index (κ3) is 60.0. The topological polar surface area (TPSA) is 284 Å². The van der Waals surface area contributed by atoms with E-state index in [4.69, 9.17) is 50.4 Å². The predicted octanol–water partition coefficient (Wildman–Crippen LogP) is 6.27. The van der Waals surface area contributed by atoms with Gasteiger partial charge in [0.1, 0.15) is 34.8 Å². The van der Waals surface area contributed by atoms with Gasteiger partial charge in [-0.2, -0.15) is 0 Å². The van der Waals surface area contributed by atoms with Gasteiger partial charge in [0.05, 0.1) is 25.0 Å². The predicted molar refractivity (Wildman–Crippen MR) is 223 cm³/mol. The van der Waals surface area contributed by atoms with E-state index in [1.165, 1.54) is 40.2 Å². The van der Waals surface area contributed by atoms with Gasteiger partial charge >= 0.3 is 23.5 Å². The molecule has 58 heavy (non-hydrogen) atoms. The Hall–Kier alpha value is -2.69. The summed E-state index contributed by atoms with van der Waals surface area (Å²) in [4.78, 5) is 36.2. The smallest absolute Gasteiger partial charge is 0.512 e. The van der Waals surface area contributed by atoms with Gasteiger partial charge in [-0.1, -0.05) is 0 Å². The number of aliphatic hydroxyl groups excluding tert-OH is 8. The fraction of sp³-hybridized carbons (Fsp3) is 0.700. The number of ketones is 2. The number of rotatable bonds is 4. The van der Waals surface area contributed by atoms with Crippen molar-refractivity contribution in [3.63, 3.8) is 0 Å². The molecule has 0 saturated carbocycles. The molecule has 0 bridgehead atoms. The van der Waals surface area contributed by atoms with Crippen LogP contribution in [0.25, 0.3) is 0 Å². The van der Waals surface area contributed by atoms with E-state index >= 15 is 0 Å². The molecule has 0 atom stereocenters. The summed E-state index contributed by atoms with van der Waals surface area (Å²) in [5.41, 5.74) is 0.337. The summed E-state index contributed by atoms with van der Waals surface area (Å²) in [6.07, 6.45) is 2.93. The molecule has 2 fully saturated rings. The zero-order valence-corrected chi connectivity index (χ0v) is 41.4. The number of hydrogen-bond donors (Lipinski definition) is 8. The number of allylic oxidation sites excluding steroid dienone is 4. The minimum Gasteiger partial charge on any atom is -0.512 e. The zero-order valence-electron chi connectivity index (χ0n) is 38.3. The van der Waals surface area contributed by atoms with Crippen molar-refractivity contribution in [2.75, 3.05) is 27.4 Å². The van der Waals surface area contributed by atoms with Crippen molar-refractivity contribution in [1.82, 2.24) is 0 Å². The molecule has 0 unspecified atom stereocenters. The first-order valence-electron chi connectivity index (χ1n) is 18.0. The van der Waals surface area contributed by atoms with Crippen LogP contribution in [0.3, 0.4) is 0 Å². The average Bonchev–Trinajstić information content (AvgIpc) is 3.63. The van der Waals surface area contributed by atoms with E-state index in [0.717, 1.165) is 0 Å². The van der Waals surface area contributed by atoms with Crippen LogP contribution >= 0.6 is 0 Å². The van der Waals surface area contributed by atoms with Gasteiger partial charge in [-0.3, -0.25) is 9.59 Å². The van der Waals surface area contributed by atoms with E-state index in [9.17, 15) is 9.59 Å². The Labute approximate surface area is 377 Å². The fourth-order valence-electron chi connectivity index (χ4n) is 2.34. The Bertz CT molecular complexity index is 1100. The Morgan fingerprint density at radius 1 is 0.552 bits per heavy atom. The standard InChI is InChI=1S/2C8H14O3.2C6H8O3.4C3H8O.2Ti/c2*1-8(2,3)6(9)5-7(10)11-4;2*1-4(7)5-2-3-9-6(5)8;4*1-3(2)4;;/h2*5,10H,1-4H3;2*7H,2-3H2,1H3;4*3-4H,1-2H3;;/p+4. The number of aliphatic hydroxyl groups is 8. The van der Waals surface area contributed by atoms with E-state index in [2.05, 4.69) is 18.9 Å². The fourth-order valence-corrected chi connectivity index (χ4v) is 2.34. The number of methoxy groups -OCH3 is 2. The molecule has 18 heteroatoms. The molecule has 0 aliphatic carbocycles. The largest absolute Gasteiger partial charge is 0.517 e. The van der Waals surface area contributed by atoms with Gasteiger partial charge in [0.25, 0.3) is 11.9 Å². The molecule has 2 rings (SSSR count). The molecule has 2 aliphatic rings. The maximum Gasteiger partial charge on any atom is 0.517 e. The molecule has 2 saturated heterocycles. The summed E-state index contributed by atoms with van der Waals surface area (Å²) in [5.74, 6) is -0.344. The van der Waals surface area contributed by atoms with Crippen molar-refractivity contribution in [3.8, 4) is 0 Å². The van der Waals surface area contributed by atoms with E-state index in [0.29, 0.717) is 37.2 Å². The van der Waals surface area contributed by atoms with Gasteiger partial charge in [0, 0.05) is 80.7 Å². The molecule has 0 spiro atoms. The van der Waals surface area contributed by atoms with Crippen LogP contribution in [-0.2, 0) is 62.4 Å². The Morgan fingerprint density at radius 3 is 0.828 bits per heavy atom. The van der Waals surface area contributed by atoms with Gasteiger partial charge in [-0.15, -0.1) is 0 Å². The molecule has 340 valence electrons. The van der Waals surface area contributed by atoms with Crippen LogP contribution in [-0.4, -0.2) is 135 Å². The van der Waals surface area contributed by atoms with Crippen LogP contribution in [0.1, 0.15) is 124 Å². The van der Waals surface area contributed by atoms with E-state index in [-0.39, 0.29) is 126 Å². The van der Waals surface area contributed by atoms with Crippen molar-refractivity contribution in [2.24, 2.45) is 10.8 Å². The van der Waals surface area contributed by atoms with Crippen LogP contribution < -0.4 is 0 Å². The molecule has 12 N–H and O–H groups in total. The van der Waals surface area contributed by atoms with Crippen LogP contribution in [0.2, 0.25) is 0 Å². The van der Waals surface area contributed by atoms with E-state index < -0.39 is 0 Å². The number of carbonyl (C=O) groups excluding carboxylic acids is 4. The maximum absolute atomic E-state index is 9.29. The SMILES string of the molecule is CC(C)O.CC(C)O.CC(C)O.CC(C)O.CC(O)=C1CCOC1=[OH+].CC(O)=C1CCOC1=[OH+].COC(O)=CC(=[OH+])C(C)(C)C.COC(O)=CC(=[OH+])C(C)(C)C.[Ti].[Ti]. The summed E-state index contributed by atoms with van der Waals surface area (Å²) in [5, 5.41) is 67.6. The summed E-state index contributed by atoms with van der Waals surface area (Å²) in [7, 11) is 2.67. The van der Waals surface area contributed by atoms with E-state index in [1.54, 1.807) is 55.4 Å². The molecule has 2 aliphatic heterocycles. The van der Waals surface area contributed by atoms with Crippen LogP contribution in [0, 0.1) is 10.8 Å². The Kier molecular flexibility index (Phi) is 51.6. The third-order valence-corrected chi connectivity index (χ3v) is 5.05. The van der Waals surface area contributed by atoms with Crippen molar-refractivity contribution in [1.29, 1.82) is 0 Å². The first kappa shape index (κ1) is 72.9. The van der Waals surface area contributed by atoms with Gasteiger partial charge in [0.2, 0.25) is 0 Å². The zero-order chi connectivity index (χ0) is 46.2. The number of esters is 2. The monoisotopic (exact) mass is 912 g/mol. The first-order chi connectivity index (χ1) is 25.1. The van der Waals surface area contributed by atoms with Gasteiger partial charge in [-0.25, -0.2) is 0 Å². The van der Waals surface area contributed by atoms with Crippen molar-refractivity contribution in [2.45, 2.75) is 148 Å². The second-order valence-electron chi connectivity index (χ2n) is 15.0. The van der Waals surface area contributed by atoms with Gasteiger partial charge in [-0.05, 0) is 111 Å². The second kappa shape index (κ2) is 41.1. The third-order valence-electron chi connectivity index (χ3n) is 5.05. The number of cyclic esters (lactones) is 2. The molecule has 16 nitrogen and oxygen atoms in total. The minimum atomic E-state index is -0.355. The molecule has 2 heterocycles. The van der Waals surface area contributed by atoms with Gasteiger partial charge in [0.15, 0.2) is 13.2 Å². The van der Waals surface area contributed by atoms with Gasteiger partial charge < -0.3 is 69.4 Å². The minimum absolute atomic E-state index is 0. The molecule has 0 aromatic carbocycles. The van der Waals surface area contributed by atoms with Crippen LogP contribution in [0.15, 0.2) is 46.7 Å². The average molecular weight is 913 g/mol. The number of ether oxygens (including phenoxy) is 4. The molecule has 0 radical (unpaired) electrons. The quantitative estimate of drug-likeness (QED) is 0.0509. The molecule has 0 amide bonds. The Morgan fingerprint density at radius 2 is 0.741 bits per heavy atom. The molecular weight excluding hydrogens is 832 g/mol. The second-order valence-corrected chi connectivity index (χ2v) is 15.0. The molecule has 0 aromatic heterocycles. The van der Waals surface area contributed by atoms with Crippen LogP contribution in [0.4, 0.5) is 0 Å². The Balaban J connectivity index is -0.0000000846. The van der Waals surface area contributed by atoms with Crippen molar-refractivity contribution >= 4 is 23.5 Å². The molecular formula is C40H80O16Ti2+4. The van der Waals surface area contributed by atoms with E-state index in [1.807, 2.05) is 41.5 Å². The maximum atomic E-state index is 9.29.